The molecule has 0 unspecified atom stereocenters. The highest BCUT2D eigenvalue weighted by atomic mass is 35.5. The molecule has 0 saturated carbocycles. The number of nitrogens with zero attached hydrogens (tertiary/aromatic N) is 4. The first-order valence-electron chi connectivity index (χ1n) is 8.62. The lowest BCUT2D eigenvalue weighted by molar-refractivity contribution is -0.147. The number of rotatable bonds is 6. The summed E-state index contributed by atoms with van der Waals surface area (Å²) in [6.45, 7) is 4.26. The van der Waals surface area contributed by atoms with E-state index in [1.807, 2.05) is 42.7 Å². The lowest BCUT2D eigenvalue weighted by atomic mass is 10.2. The van der Waals surface area contributed by atoms with Gasteiger partial charge in [-0.25, -0.2) is 0 Å². The summed E-state index contributed by atoms with van der Waals surface area (Å²) in [4.78, 5) is 12.7. The third kappa shape index (κ3) is 4.51. The number of hydrogen-bond acceptors (Lipinski definition) is 4. The van der Waals surface area contributed by atoms with E-state index in [1.165, 1.54) is 7.05 Å². The molecular formula is C19H18ClF3N4OS. The molecule has 2 heterocycles. The van der Waals surface area contributed by atoms with Crippen molar-refractivity contribution in [1.82, 2.24) is 19.3 Å². The van der Waals surface area contributed by atoms with Gasteiger partial charge in [0.15, 0.2) is 10.9 Å². The van der Waals surface area contributed by atoms with Crippen LogP contribution in [0, 0.1) is 13.8 Å². The molecule has 0 fully saturated rings. The van der Waals surface area contributed by atoms with Crippen molar-refractivity contribution in [3.8, 4) is 0 Å². The number of alkyl halides is 3. The molecule has 0 aliphatic carbocycles. The number of halogens is 4. The number of aromatic nitrogens is 4. The summed E-state index contributed by atoms with van der Waals surface area (Å²) in [5.74, 6) is -1.32. The van der Waals surface area contributed by atoms with Gasteiger partial charge in [-0.1, -0.05) is 41.6 Å². The molecule has 0 bridgehead atoms. The van der Waals surface area contributed by atoms with Crippen LogP contribution in [-0.4, -0.2) is 30.9 Å². The van der Waals surface area contributed by atoms with Crippen molar-refractivity contribution in [1.29, 1.82) is 0 Å². The van der Waals surface area contributed by atoms with Gasteiger partial charge in [-0.3, -0.25) is 4.79 Å². The molecule has 29 heavy (non-hydrogen) atoms. The lowest BCUT2D eigenvalue weighted by Crippen LogP contribution is -2.13. The standard InChI is InChI=1S/C19H18ClF3N4OS/c1-11-8-14(12(2)27(11)9-13-6-4-5-7-15(13)20)16(28)10-29-18-25-24-17(26(18)3)19(21,22)23/h4-8H,9-10H2,1-3H3. The van der Waals surface area contributed by atoms with Crippen molar-refractivity contribution < 1.29 is 18.0 Å². The predicted molar refractivity (Wildman–Crippen MR) is 106 cm³/mol. The summed E-state index contributed by atoms with van der Waals surface area (Å²) >= 11 is 7.16. The Labute approximate surface area is 174 Å². The van der Waals surface area contributed by atoms with Crippen LogP contribution in [0.25, 0.3) is 0 Å². The minimum absolute atomic E-state index is 0.0375. The van der Waals surface area contributed by atoms with Crippen molar-refractivity contribution in [3.05, 3.63) is 63.7 Å². The quantitative estimate of drug-likeness (QED) is 0.401. The van der Waals surface area contributed by atoms with Crippen LogP contribution < -0.4 is 0 Å². The summed E-state index contributed by atoms with van der Waals surface area (Å²) in [6.07, 6.45) is -4.59. The summed E-state index contributed by atoms with van der Waals surface area (Å²) < 4.78 is 41.3. The van der Waals surface area contributed by atoms with Crippen molar-refractivity contribution in [2.75, 3.05) is 5.75 Å². The lowest BCUT2D eigenvalue weighted by Gasteiger charge is -2.11. The van der Waals surface area contributed by atoms with Gasteiger partial charge in [-0.15, -0.1) is 10.2 Å². The van der Waals surface area contributed by atoms with Gasteiger partial charge in [0.05, 0.1) is 5.75 Å². The monoisotopic (exact) mass is 442 g/mol. The molecule has 0 radical (unpaired) electrons. The highest BCUT2D eigenvalue weighted by Gasteiger charge is 2.37. The molecule has 0 saturated heterocycles. The molecule has 0 spiro atoms. The number of hydrogen-bond donors (Lipinski definition) is 0. The summed E-state index contributed by atoms with van der Waals surface area (Å²) in [7, 11) is 1.23. The molecule has 2 aromatic heterocycles. The number of carbonyl (C=O) groups excluding carboxylic acids is 1. The second kappa shape index (κ2) is 8.23. The molecule has 0 N–H and O–H groups in total. The zero-order valence-electron chi connectivity index (χ0n) is 15.9. The van der Waals surface area contributed by atoms with Gasteiger partial charge in [0, 0.05) is 35.6 Å². The number of benzene rings is 1. The third-order valence-corrected chi connectivity index (χ3v) is 5.97. The maximum atomic E-state index is 12.8. The largest absolute Gasteiger partial charge is 0.451 e. The molecule has 3 rings (SSSR count). The van der Waals surface area contributed by atoms with Crippen LogP contribution in [0.3, 0.4) is 0 Å². The van der Waals surface area contributed by atoms with E-state index in [0.717, 1.165) is 33.3 Å². The van der Waals surface area contributed by atoms with Crippen molar-refractivity contribution >= 4 is 29.1 Å². The first kappa shape index (κ1) is 21.4. The van der Waals surface area contributed by atoms with Crippen LogP contribution in [0.15, 0.2) is 35.5 Å². The number of ketones is 1. The molecule has 154 valence electrons. The number of carbonyl (C=O) groups is 1. The highest BCUT2D eigenvalue weighted by molar-refractivity contribution is 7.99. The van der Waals surface area contributed by atoms with Gasteiger partial charge in [0.1, 0.15) is 0 Å². The normalized spacial score (nSPS) is 11.8. The van der Waals surface area contributed by atoms with Crippen LogP contribution in [0.4, 0.5) is 13.2 Å². The SMILES string of the molecule is Cc1cc(C(=O)CSc2nnc(C(F)(F)F)n2C)c(C)n1Cc1ccccc1Cl. The van der Waals surface area contributed by atoms with Gasteiger partial charge in [-0.2, -0.15) is 13.2 Å². The van der Waals surface area contributed by atoms with E-state index < -0.39 is 12.0 Å². The average Bonchev–Trinajstić information content (AvgIpc) is 3.15. The summed E-state index contributed by atoms with van der Waals surface area (Å²) in [5, 5.41) is 7.39. The van der Waals surface area contributed by atoms with Gasteiger partial charge in [0.2, 0.25) is 5.82 Å². The fourth-order valence-electron chi connectivity index (χ4n) is 3.02. The van der Waals surface area contributed by atoms with Crippen molar-refractivity contribution in [2.45, 2.75) is 31.7 Å². The van der Waals surface area contributed by atoms with Crippen LogP contribution >= 0.6 is 23.4 Å². The van der Waals surface area contributed by atoms with E-state index in [9.17, 15) is 18.0 Å². The minimum Gasteiger partial charge on any atom is -0.344 e. The third-order valence-electron chi connectivity index (χ3n) is 4.58. The van der Waals surface area contributed by atoms with Crippen LogP contribution in [0.5, 0.6) is 0 Å². The summed E-state index contributed by atoms with van der Waals surface area (Å²) in [5.41, 5.74) is 3.14. The first-order chi connectivity index (χ1) is 13.6. The zero-order chi connectivity index (χ0) is 21.3. The van der Waals surface area contributed by atoms with E-state index in [4.69, 9.17) is 11.6 Å². The zero-order valence-corrected chi connectivity index (χ0v) is 17.5. The molecule has 5 nitrogen and oxygen atoms in total. The Bertz CT molecular complexity index is 1060. The first-order valence-corrected chi connectivity index (χ1v) is 9.98. The number of aryl methyl sites for hydroxylation is 1. The Kier molecular flexibility index (Phi) is 6.09. The molecule has 0 atom stereocenters. The molecule has 0 amide bonds. The van der Waals surface area contributed by atoms with Crippen LogP contribution in [0.2, 0.25) is 5.02 Å². The van der Waals surface area contributed by atoms with Crippen LogP contribution in [0.1, 0.15) is 33.1 Å². The minimum atomic E-state index is -4.59. The average molecular weight is 443 g/mol. The highest BCUT2D eigenvalue weighted by Crippen LogP contribution is 2.30. The molecule has 3 aromatic rings. The Hall–Kier alpha value is -2.26. The molecule has 0 aliphatic rings. The van der Waals surface area contributed by atoms with E-state index in [-0.39, 0.29) is 16.7 Å². The molecule has 10 heteroatoms. The van der Waals surface area contributed by atoms with Gasteiger partial charge < -0.3 is 9.13 Å². The maximum absolute atomic E-state index is 12.8. The number of thioether (sulfide) groups is 1. The Balaban J connectivity index is 1.76. The molecular weight excluding hydrogens is 425 g/mol. The maximum Gasteiger partial charge on any atom is 0.451 e. The van der Waals surface area contributed by atoms with E-state index in [1.54, 1.807) is 6.07 Å². The fraction of sp³-hybridized carbons (Fsp3) is 0.316. The molecule has 0 aliphatic heterocycles. The molecule has 1 aromatic carbocycles. The van der Waals surface area contributed by atoms with Crippen molar-refractivity contribution in [3.63, 3.8) is 0 Å². The Morgan fingerprint density at radius 1 is 1.21 bits per heavy atom. The van der Waals surface area contributed by atoms with E-state index >= 15 is 0 Å². The van der Waals surface area contributed by atoms with Crippen LogP contribution in [-0.2, 0) is 19.8 Å². The smallest absolute Gasteiger partial charge is 0.344 e. The number of Topliss-reactive ketones (excluding diaryl/α,β-unsaturated/α-hetero) is 1. The Morgan fingerprint density at radius 3 is 2.52 bits per heavy atom. The Morgan fingerprint density at radius 2 is 1.90 bits per heavy atom. The van der Waals surface area contributed by atoms with E-state index in [2.05, 4.69) is 10.2 Å². The second-order valence-corrected chi connectivity index (χ2v) is 7.89. The fourth-order valence-corrected chi connectivity index (χ4v) is 4.01. The van der Waals surface area contributed by atoms with Gasteiger partial charge in [0.25, 0.3) is 0 Å². The van der Waals surface area contributed by atoms with Crippen molar-refractivity contribution in [2.24, 2.45) is 7.05 Å². The second-order valence-electron chi connectivity index (χ2n) is 6.54. The van der Waals surface area contributed by atoms with Gasteiger partial charge in [-0.05, 0) is 31.5 Å². The predicted octanol–water partition coefficient (Wildman–Crippen LogP) is 4.93. The topological polar surface area (TPSA) is 52.7 Å². The summed E-state index contributed by atoms with van der Waals surface area (Å²) in [6, 6.07) is 9.26. The van der Waals surface area contributed by atoms with Gasteiger partial charge >= 0.3 is 6.18 Å². The van der Waals surface area contributed by atoms with E-state index in [0.29, 0.717) is 17.1 Å².